The van der Waals surface area contributed by atoms with Gasteiger partial charge >= 0.3 is 5.97 Å². The third-order valence-corrected chi connectivity index (χ3v) is 14.0. The van der Waals surface area contributed by atoms with E-state index in [2.05, 4.69) is 48.0 Å². The molecule has 59 heavy (non-hydrogen) atoms. The lowest BCUT2D eigenvalue weighted by Crippen LogP contribution is -2.55. The number of aliphatic imine (C=N–C) groups is 1. The second-order valence-corrected chi connectivity index (χ2v) is 19.3. The fraction of sp³-hybridized carbons (Fsp3) is 0.744. The number of hydrogen-bond donors (Lipinski definition) is 3. The number of rotatable bonds is 21. The number of benzene rings is 1. The topological polar surface area (TPSA) is 179 Å². The molecule has 15 nitrogen and oxygen atoms in total. The number of likely N-dealkylation sites (tertiary alicyclic amines) is 1. The van der Waals surface area contributed by atoms with Crippen LogP contribution in [0.5, 0.6) is 0 Å². The lowest BCUT2D eigenvalue weighted by atomic mass is 9.89. The Balaban J connectivity index is 1.84. The highest BCUT2D eigenvalue weighted by Crippen LogP contribution is 2.46. The number of esters is 1. The Hall–Kier alpha value is -3.36. The first-order valence-electron chi connectivity index (χ1n) is 21.3. The Kier molecular flexibility index (Phi) is 20.0. The molecule has 334 valence electrons. The van der Waals surface area contributed by atoms with Crippen molar-refractivity contribution in [2.75, 3.05) is 67.3 Å². The van der Waals surface area contributed by atoms with Crippen molar-refractivity contribution < 1.29 is 42.8 Å². The zero-order valence-corrected chi connectivity index (χ0v) is 38.3. The molecule has 3 N–H and O–H groups in total. The van der Waals surface area contributed by atoms with Gasteiger partial charge in [0.05, 0.1) is 43.7 Å². The molecule has 0 saturated carbocycles. The minimum Gasteiger partial charge on any atom is -0.469 e. The van der Waals surface area contributed by atoms with Crippen molar-refractivity contribution in [3.8, 4) is 0 Å². The van der Waals surface area contributed by atoms with Crippen LogP contribution in [-0.2, 0) is 44.4 Å². The van der Waals surface area contributed by atoms with Crippen LogP contribution in [0, 0.1) is 23.7 Å². The average Bonchev–Trinajstić information content (AvgIpc) is 3.70. The van der Waals surface area contributed by atoms with Crippen LogP contribution < -0.4 is 10.6 Å². The first-order valence-corrected chi connectivity index (χ1v) is 23.2. The molecular weight excluding hydrogens is 775 g/mol. The number of carbonyl (C=O) groups excluding carboxylic acids is 4. The molecule has 2 aliphatic rings. The van der Waals surface area contributed by atoms with Crippen LogP contribution in [0.1, 0.15) is 79.7 Å². The molecule has 2 heterocycles. The largest absolute Gasteiger partial charge is 0.469 e. The molecule has 3 rings (SSSR count). The molecule has 2 saturated heterocycles. The van der Waals surface area contributed by atoms with Crippen LogP contribution in [0.4, 0.5) is 0 Å². The number of methoxy groups -OCH3 is 3. The third kappa shape index (κ3) is 13.6. The van der Waals surface area contributed by atoms with Crippen molar-refractivity contribution in [2.45, 2.75) is 117 Å². The van der Waals surface area contributed by atoms with Gasteiger partial charge in [-0.15, -0.1) is 0 Å². The molecular formula is C43H73N6O9P. The van der Waals surface area contributed by atoms with E-state index in [0.29, 0.717) is 24.9 Å². The predicted octanol–water partition coefficient (Wildman–Crippen LogP) is 4.02. The molecule has 0 bridgehead atoms. The predicted molar refractivity (Wildman–Crippen MR) is 230 cm³/mol. The minimum atomic E-state index is -4.28. The van der Waals surface area contributed by atoms with E-state index in [1.807, 2.05) is 19.9 Å². The fourth-order valence-electron chi connectivity index (χ4n) is 8.42. The molecule has 3 amide bonds. The van der Waals surface area contributed by atoms with Gasteiger partial charge in [0.25, 0.3) is 0 Å². The lowest BCUT2D eigenvalue weighted by Gasteiger charge is -2.40. The van der Waals surface area contributed by atoms with Gasteiger partial charge in [0.1, 0.15) is 23.8 Å². The van der Waals surface area contributed by atoms with E-state index in [4.69, 9.17) is 14.5 Å². The van der Waals surface area contributed by atoms with Crippen molar-refractivity contribution in [3.63, 3.8) is 0 Å². The van der Waals surface area contributed by atoms with Crippen molar-refractivity contribution in [1.29, 1.82) is 0 Å². The monoisotopic (exact) mass is 849 g/mol. The van der Waals surface area contributed by atoms with Gasteiger partial charge in [-0.05, 0) is 30.2 Å². The quantitative estimate of drug-likeness (QED) is 0.0705. The average molecular weight is 849 g/mol. The van der Waals surface area contributed by atoms with Gasteiger partial charge in [-0.1, -0.05) is 85.2 Å². The summed E-state index contributed by atoms with van der Waals surface area (Å²) < 4.78 is 30.3. The first kappa shape index (κ1) is 50.0. The summed E-state index contributed by atoms with van der Waals surface area (Å²) in [6.45, 7) is 17.9. The Morgan fingerprint density at radius 3 is 2.19 bits per heavy atom. The summed E-state index contributed by atoms with van der Waals surface area (Å²) in [7, 11) is 1.72. The molecule has 16 heteroatoms. The van der Waals surface area contributed by atoms with Crippen molar-refractivity contribution in [3.05, 3.63) is 35.9 Å². The van der Waals surface area contributed by atoms with Crippen LogP contribution in [0.15, 0.2) is 35.3 Å². The van der Waals surface area contributed by atoms with E-state index in [0.717, 1.165) is 45.5 Å². The van der Waals surface area contributed by atoms with E-state index < -0.39 is 67.4 Å². The Morgan fingerprint density at radius 1 is 1.00 bits per heavy atom. The van der Waals surface area contributed by atoms with Gasteiger partial charge in [0.2, 0.25) is 25.1 Å². The highest BCUT2D eigenvalue weighted by molar-refractivity contribution is 7.59. The van der Waals surface area contributed by atoms with Gasteiger partial charge in [-0.2, -0.15) is 0 Å². The zero-order chi connectivity index (χ0) is 44.0. The fourth-order valence-corrected chi connectivity index (χ4v) is 9.97. The first-order chi connectivity index (χ1) is 27.9. The summed E-state index contributed by atoms with van der Waals surface area (Å²) in [5.41, 5.74) is 0.708. The molecule has 0 radical (unpaired) electrons. The van der Waals surface area contributed by atoms with E-state index >= 15 is 0 Å². The number of nitrogens with zero attached hydrogens (tertiary/aromatic N) is 4. The van der Waals surface area contributed by atoms with Crippen molar-refractivity contribution in [2.24, 2.45) is 28.7 Å². The summed E-state index contributed by atoms with van der Waals surface area (Å²) in [6, 6.07) is 7.45. The van der Waals surface area contributed by atoms with Crippen LogP contribution in [0.2, 0.25) is 0 Å². The van der Waals surface area contributed by atoms with Gasteiger partial charge in [-0.25, -0.2) is 0 Å². The second-order valence-electron chi connectivity index (χ2n) is 16.9. The van der Waals surface area contributed by atoms with E-state index in [9.17, 15) is 28.6 Å². The molecule has 9 atom stereocenters. The van der Waals surface area contributed by atoms with Crippen LogP contribution >= 0.6 is 7.37 Å². The summed E-state index contributed by atoms with van der Waals surface area (Å²) in [5.74, 6) is -2.80. The summed E-state index contributed by atoms with van der Waals surface area (Å²) >= 11 is 0. The Bertz CT molecular complexity index is 1590. The van der Waals surface area contributed by atoms with Crippen LogP contribution in [0.3, 0.4) is 0 Å². The summed E-state index contributed by atoms with van der Waals surface area (Å²) in [6.07, 6.45) is -0.0859. The minimum absolute atomic E-state index is 0.00461. The molecule has 0 aromatic heterocycles. The number of carbonyl (C=O) groups is 4. The summed E-state index contributed by atoms with van der Waals surface area (Å²) in [5, 5.41) is 6.14. The second kappa shape index (κ2) is 23.6. The molecule has 1 unspecified atom stereocenters. The lowest BCUT2D eigenvalue weighted by molar-refractivity contribution is -0.146. The number of ether oxygens (including phenoxy) is 3. The van der Waals surface area contributed by atoms with E-state index in [-0.39, 0.29) is 42.4 Å². The van der Waals surface area contributed by atoms with Crippen molar-refractivity contribution >= 4 is 36.9 Å². The zero-order valence-electron chi connectivity index (χ0n) is 37.4. The maximum atomic E-state index is 14.5. The summed E-state index contributed by atoms with van der Waals surface area (Å²) in [4.78, 5) is 76.9. The normalized spacial score (nSPS) is 20.9. The van der Waals surface area contributed by atoms with E-state index in [1.165, 1.54) is 7.11 Å². The van der Waals surface area contributed by atoms with E-state index in [1.54, 1.807) is 55.1 Å². The molecule has 2 fully saturated rings. The smallest absolute Gasteiger partial charge is 0.315 e. The van der Waals surface area contributed by atoms with Crippen molar-refractivity contribution in [1.82, 2.24) is 25.3 Å². The number of amides is 3. The van der Waals surface area contributed by atoms with Gasteiger partial charge in [0.15, 0.2) is 0 Å². The highest BCUT2D eigenvalue weighted by Gasteiger charge is 2.44. The SMILES string of the molecule is CC[C@H](C)[C@@H]([C@@H](CC(=O)N1CCC[C@H]1[C@H](OC)[C@@H](C)C(=O)N[C@@H](Cc1ccccc1)P(=O)(O)CC(=O)OC)OC)N(C)C(=O)[C@@H](N=C(C(C)C)N1CCNCC1)C(C)C. The number of likely N-dealkylation sites (N-methyl/N-ethyl adjacent to an activating group) is 1. The van der Waals surface area contributed by atoms with Gasteiger partial charge < -0.3 is 44.4 Å². The maximum Gasteiger partial charge on any atom is 0.315 e. The van der Waals surface area contributed by atoms with Gasteiger partial charge in [0, 0.05) is 66.3 Å². The number of nitrogens with one attached hydrogen (secondary N) is 2. The Morgan fingerprint density at radius 2 is 1.64 bits per heavy atom. The number of piperazine rings is 1. The Labute approximate surface area is 352 Å². The van der Waals surface area contributed by atoms with Gasteiger partial charge in [-0.3, -0.25) is 28.7 Å². The molecule has 2 aliphatic heterocycles. The highest BCUT2D eigenvalue weighted by atomic mass is 31.2. The standard InChI is InChI=1S/C43H73N6O9P/c1-12-30(6)39(47(8)43(53)38(28(2)3)46-41(29(4)5)48-23-20-44-21-24-48)34(56-9)26-36(50)49-22-16-19-33(49)40(58-11)31(7)42(52)45-35(25-32-17-14-13-15-18-32)59(54,55)27-37(51)57-10/h13-15,17-18,28-31,33-35,38-40,44H,12,16,19-27H2,1-11H3,(H,45,52)(H,54,55)/t30-,31+,33-,34+,35+,38-,39-,40+/m0/s1. The number of amidine groups is 1. The maximum absolute atomic E-state index is 14.5. The number of hydrogen-bond acceptors (Lipinski definition) is 10. The third-order valence-electron chi connectivity index (χ3n) is 12.0. The van der Waals surface area contributed by atoms with Crippen LogP contribution in [0.25, 0.3) is 0 Å². The molecule has 0 spiro atoms. The molecule has 1 aromatic rings. The van der Waals surface area contributed by atoms with Crippen LogP contribution in [-0.4, -0.2) is 152 Å². The molecule has 0 aliphatic carbocycles. The molecule has 1 aromatic carbocycles.